The van der Waals surface area contributed by atoms with Gasteiger partial charge in [-0.05, 0) is 65.2 Å². The normalized spacial score (nSPS) is 14.2. The summed E-state index contributed by atoms with van der Waals surface area (Å²) in [5, 5.41) is 10.3. The number of aliphatic hydroxyl groups excluding tert-OH is 1. The van der Waals surface area contributed by atoms with Crippen molar-refractivity contribution in [2.75, 3.05) is 26.4 Å². The third-order valence-corrected chi connectivity index (χ3v) is 8.20. The molecule has 0 saturated heterocycles. The Balaban J connectivity index is 3.34. The van der Waals surface area contributed by atoms with Gasteiger partial charge in [-0.3, -0.25) is 0 Å². The average Bonchev–Trinajstić information content (AvgIpc) is 3.02. The maximum atomic E-state index is 10.3. The first kappa shape index (κ1) is 43.3. The van der Waals surface area contributed by atoms with Gasteiger partial charge in [0.05, 0.1) is 19.3 Å². The van der Waals surface area contributed by atoms with Crippen LogP contribution in [0.3, 0.4) is 0 Å². The molecule has 5 nitrogen and oxygen atoms in total. The second-order valence-corrected chi connectivity index (χ2v) is 12.7. The standard InChI is InChI=1S/C39H76O5/c1-5-7-9-11-15-21-27-33-41-37(3)43-35-29-23-17-13-19-25-31-39(40)32-26-20-14-18-24-30-36-44-38(4)42-34-28-22-16-12-10-8-6-2/h21-22,27-28,37-40H,5-20,23-26,29-36H2,1-4H3/b27-21-,28-22-. The molecule has 0 bridgehead atoms. The average molecular weight is 625 g/mol. The lowest BCUT2D eigenvalue weighted by Crippen LogP contribution is -2.13. The zero-order valence-corrected chi connectivity index (χ0v) is 29.9. The molecule has 0 aliphatic rings. The molecule has 0 fully saturated rings. The molecule has 2 unspecified atom stereocenters. The van der Waals surface area contributed by atoms with Crippen LogP contribution in [0.4, 0.5) is 0 Å². The molecule has 0 aromatic carbocycles. The van der Waals surface area contributed by atoms with Gasteiger partial charge < -0.3 is 24.1 Å². The van der Waals surface area contributed by atoms with Crippen molar-refractivity contribution < 1.29 is 24.1 Å². The monoisotopic (exact) mass is 625 g/mol. The fourth-order valence-corrected chi connectivity index (χ4v) is 5.25. The molecule has 0 heterocycles. The molecule has 1 N–H and O–H groups in total. The van der Waals surface area contributed by atoms with E-state index in [1.165, 1.54) is 103 Å². The molecular weight excluding hydrogens is 548 g/mol. The fraction of sp³-hybridized carbons (Fsp3) is 0.897. The summed E-state index contributed by atoms with van der Waals surface area (Å²) in [6.07, 6.45) is 37.4. The van der Waals surface area contributed by atoms with Gasteiger partial charge in [-0.25, -0.2) is 0 Å². The molecule has 0 aromatic rings. The van der Waals surface area contributed by atoms with Gasteiger partial charge in [0.15, 0.2) is 12.6 Å². The van der Waals surface area contributed by atoms with Crippen LogP contribution in [0.2, 0.25) is 0 Å². The highest BCUT2D eigenvalue weighted by atomic mass is 16.7. The Morgan fingerprint density at radius 1 is 0.432 bits per heavy atom. The van der Waals surface area contributed by atoms with E-state index in [4.69, 9.17) is 18.9 Å². The van der Waals surface area contributed by atoms with E-state index in [0.29, 0.717) is 13.2 Å². The summed E-state index contributed by atoms with van der Waals surface area (Å²) in [5.41, 5.74) is 0. The first-order chi connectivity index (χ1) is 21.6. The lowest BCUT2D eigenvalue weighted by molar-refractivity contribution is -0.123. The van der Waals surface area contributed by atoms with Gasteiger partial charge in [0.25, 0.3) is 0 Å². The van der Waals surface area contributed by atoms with Crippen molar-refractivity contribution in [2.24, 2.45) is 0 Å². The van der Waals surface area contributed by atoms with E-state index in [-0.39, 0.29) is 18.7 Å². The quantitative estimate of drug-likeness (QED) is 0.0427. The highest BCUT2D eigenvalue weighted by Gasteiger charge is 2.05. The summed E-state index contributed by atoms with van der Waals surface area (Å²) in [6.45, 7) is 11.3. The molecular formula is C39H76O5. The van der Waals surface area contributed by atoms with Crippen LogP contribution in [0, 0.1) is 0 Å². The second kappa shape index (κ2) is 36.7. The lowest BCUT2D eigenvalue weighted by atomic mass is 10.0. The number of aliphatic hydroxyl groups is 1. The maximum Gasteiger partial charge on any atom is 0.155 e. The SMILES string of the molecule is CCCCCC/C=C\COC(C)OCCCCCCCCC(O)CCCCCCCCOC(C)OC/C=C\CCCCCC. The van der Waals surface area contributed by atoms with Crippen molar-refractivity contribution in [3.8, 4) is 0 Å². The zero-order valence-electron chi connectivity index (χ0n) is 29.9. The largest absolute Gasteiger partial charge is 0.393 e. The second-order valence-electron chi connectivity index (χ2n) is 12.7. The van der Waals surface area contributed by atoms with Crippen LogP contribution < -0.4 is 0 Å². The van der Waals surface area contributed by atoms with Crippen molar-refractivity contribution in [3.63, 3.8) is 0 Å². The molecule has 44 heavy (non-hydrogen) atoms. The number of unbranched alkanes of at least 4 members (excludes halogenated alkanes) is 18. The third kappa shape index (κ3) is 35.8. The highest BCUT2D eigenvalue weighted by Crippen LogP contribution is 2.14. The van der Waals surface area contributed by atoms with Gasteiger partial charge >= 0.3 is 0 Å². The molecule has 0 aliphatic carbocycles. The van der Waals surface area contributed by atoms with Gasteiger partial charge in [-0.1, -0.05) is 141 Å². The molecule has 2 atom stereocenters. The summed E-state index contributed by atoms with van der Waals surface area (Å²) in [5.74, 6) is 0. The minimum absolute atomic E-state index is 0.119. The van der Waals surface area contributed by atoms with E-state index in [2.05, 4.69) is 38.2 Å². The number of ether oxygens (including phenoxy) is 4. The van der Waals surface area contributed by atoms with E-state index in [0.717, 1.165) is 64.6 Å². The Bertz CT molecular complexity index is 543. The number of rotatable bonds is 36. The predicted molar refractivity (Wildman–Crippen MR) is 189 cm³/mol. The molecule has 0 aliphatic heterocycles. The summed E-state index contributed by atoms with van der Waals surface area (Å²) in [7, 11) is 0. The van der Waals surface area contributed by atoms with Gasteiger partial charge in [-0.15, -0.1) is 0 Å². The van der Waals surface area contributed by atoms with Crippen molar-refractivity contribution in [1.29, 1.82) is 0 Å². The fourth-order valence-electron chi connectivity index (χ4n) is 5.25. The number of hydrogen-bond donors (Lipinski definition) is 1. The van der Waals surface area contributed by atoms with Crippen LogP contribution in [0.5, 0.6) is 0 Å². The van der Waals surface area contributed by atoms with E-state index in [9.17, 15) is 5.11 Å². The zero-order chi connectivity index (χ0) is 32.2. The van der Waals surface area contributed by atoms with Crippen molar-refractivity contribution >= 4 is 0 Å². The van der Waals surface area contributed by atoms with Gasteiger partial charge in [0.1, 0.15) is 0 Å². The van der Waals surface area contributed by atoms with E-state index >= 15 is 0 Å². The minimum Gasteiger partial charge on any atom is -0.393 e. The first-order valence-corrected chi connectivity index (χ1v) is 19.0. The molecule has 5 heteroatoms. The Morgan fingerprint density at radius 2 is 0.795 bits per heavy atom. The molecule has 0 aromatic heterocycles. The van der Waals surface area contributed by atoms with Gasteiger partial charge in [-0.2, -0.15) is 0 Å². The van der Waals surface area contributed by atoms with E-state index in [1.807, 2.05) is 13.8 Å². The lowest BCUT2D eigenvalue weighted by Gasteiger charge is -2.13. The number of hydrogen-bond acceptors (Lipinski definition) is 5. The Hall–Kier alpha value is -0.720. The Morgan fingerprint density at radius 3 is 1.20 bits per heavy atom. The van der Waals surface area contributed by atoms with Crippen LogP contribution in [0.1, 0.15) is 182 Å². The minimum atomic E-state index is -0.127. The van der Waals surface area contributed by atoms with Crippen LogP contribution >= 0.6 is 0 Å². The molecule has 262 valence electrons. The Kier molecular flexibility index (Phi) is 36.1. The van der Waals surface area contributed by atoms with Gasteiger partial charge in [0, 0.05) is 13.2 Å². The third-order valence-electron chi connectivity index (χ3n) is 8.20. The van der Waals surface area contributed by atoms with Crippen molar-refractivity contribution in [1.82, 2.24) is 0 Å². The number of allylic oxidation sites excluding steroid dienone is 2. The summed E-state index contributed by atoms with van der Waals surface area (Å²) in [4.78, 5) is 0. The van der Waals surface area contributed by atoms with Gasteiger partial charge in [0.2, 0.25) is 0 Å². The van der Waals surface area contributed by atoms with E-state index in [1.54, 1.807) is 0 Å². The summed E-state index contributed by atoms with van der Waals surface area (Å²) in [6, 6.07) is 0. The molecule has 0 rings (SSSR count). The van der Waals surface area contributed by atoms with Crippen LogP contribution in [-0.4, -0.2) is 50.2 Å². The predicted octanol–water partition coefficient (Wildman–Crippen LogP) is 11.6. The van der Waals surface area contributed by atoms with E-state index < -0.39 is 0 Å². The maximum absolute atomic E-state index is 10.3. The highest BCUT2D eigenvalue weighted by molar-refractivity contribution is 4.81. The summed E-state index contributed by atoms with van der Waals surface area (Å²) >= 11 is 0. The first-order valence-electron chi connectivity index (χ1n) is 19.0. The molecule has 0 saturated carbocycles. The van der Waals surface area contributed by atoms with Crippen LogP contribution in [0.15, 0.2) is 24.3 Å². The molecule has 0 amide bonds. The van der Waals surface area contributed by atoms with Crippen molar-refractivity contribution in [2.45, 2.75) is 200 Å². The molecule has 0 radical (unpaired) electrons. The smallest absolute Gasteiger partial charge is 0.155 e. The molecule has 0 spiro atoms. The van der Waals surface area contributed by atoms with Crippen LogP contribution in [-0.2, 0) is 18.9 Å². The Labute approximate surface area is 274 Å². The van der Waals surface area contributed by atoms with Crippen molar-refractivity contribution in [3.05, 3.63) is 24.3 Å². The summed E-state index contributed by atoms with van der Waals surface area (Å²) < 4.78 is 23.0. The topological polar surface area (TPSA) is 57.2 Å². The van der Waals surface area contributed by atoms with Crippen LogP contribution in [0.25, 0.3) is 0 Å².